The molecule has 4 rings (SSSR count). The van der Waals surface area contributed by atoms with Crippen LogP contribution in [0.5, 0.6) is 5.88 Å². The maximum atomic E-state index is 12.8. The Labute approximate surface area is 188 Å². The van der Waals surface area contributed by atoms with Crippen LogP contribution in [0.1, 0.15) is 23.4 Å². The predicted octanol–water partition coefficient (Wildman–Crippen LogP) is 2.05. The first-order chi connectivity index (χ1) is 16.0. The molecule has 33 heavy (non-hydrogen) atoms. The molecule has 0 radical (unpaired) electrons. The number of ether oxygens (including phenoxy) is 1. The molecule has 1 aliphatic rings. The number of hydrogen-bond acceptors (Lipinski definition) is 8. The molecular formula is C21H20F2N8O2. The van der Waals surface area contributed by atoms with Crippen molar-refractivity contribution in [1.29, 1.82) is 5.26 Å². The van der Waals surface area contributed by atoms with Gasteiger partial charge in [-0.15, -0.1) is 15.3 Å². The number of aromatic nitrogens is 5. The second-order valence-electron chi connectivity index (χ2n) is 7.34. The maximum Gasteiger partial charge on any atom is 0.263 e. The molecule has 3 heterocycles. The maximum absolute atomic E-state index is 12.8. The molecule has 1 fully saturated rings. The summed E-state index contributed by atoms with van der Waals surface area (Å²) in [4.78, 5) is 15.4. The highest BCUT2D eigenvalue weighted by atomic mass is 19.3. The number of carbonyl (C=O) groups is 1. The lowest BCUT2D eigenvalue weighted by Crippen LogP contribution is -2.50. The molecule has 0 saturated carbocycles. The van der Waals surface area contributed by atoms with Crippen LogP contribution in [0.3, 0.4) is 0 Å². The summed E-state index contributed by atoms with van der Waals surface area (Å²) in [5.41, 5.74) is 1.79. The van der Waals surface area contributed by atoms with Crippen molar-refractivity contribution >= 4 is 11.7 Å². The first-order valence-corrected chi connectivity index (χ1v) is 10.1. The second-order valence-corrected chi connectivity index (χ2v) is 7.34. The van der Waals surface area contributed by atoms with Gasteiger partial charge in [-0.05, 0) is 25.1 Å². The normalized spacial score (nSPS) is 14.0. The zero-order chi connectivity index (χ0) is 23.4. The Morgan fingerprint density at radius 2 is 1.91 bits per heavy atom. The van der Waals surface area contributed by atoms with Crippen LogP contribution in [0.25, 0.3) is 5.69 Å². The predicted molar refractivity (Wildman–Crippen MR) is 112 cm³/mol. The van der Waals surface area contributed by atoms with Crippen molar-refractivity contribution in [3.05, 3.63) is 53.3 Å². The zero-order valence-electron chi connectivity index (χ0n) is 17.7. The van der Waals surface area contributed by atoms with E-state index in [1.165, 1.54) is 21.7 Å². The van der Waals surface area contributed by atoms with E-state index in [0.29, 0.717) is 36.0 Å². The molecule has 1 saturated heterocycles. The number of benzene rings is 1. The molecule has 0 unspecified atom stereocenters. The lowest BCUT2D eigenvalue weighted by atomic mass is 10.2. The minimum atomic E-state index is -2.54. The van der Waals surface area contributed by atoms with E-state index >= 15 is 0 Å². The Morgan fingerprint density at radius 1 is 1.12 bits per heavy atom. The molecule has 1 aliphatic heterocycles. The van der Waals surface area contributed by atoms with E-state index < -0.39 is 6.43 Å². The summed E-state index contributed by atoms with van der Waals surface area (Å²) >= 11 is 0. The molecule has 1 aromatic carbocycles. The molecule has 12 heteroatoms. The molecule has 2 aromatic heterocycles. The highest BCUT2D eigenvalue weighted by Gasteiger charge is 2.24. The van der Waals surface area contributed by atoms with Gasteiger partial charge in [0.15, 0.2) is 5.82 Å². The topological polar surface area (TPSA) is 113 Å². The fraction of sp³-hybridized carbons (Fsp3) is 0.333. The number of nitriles is 1. The summed E-state index contributed by atoms with van der Waals surface area (Å²) < 4.78 is 32.9. The van der Waals surface area contributed by atoms with Gasteiger partial charge in [-0.1, -0.05) is 17.3 Å². The number of anilines is 1. The molecule has 0 N–H and O–H groups in total. The molecular weight excluding hydrogens is 434 g/mol. The summed E-state index contributed by atoms with van der Waals surface area (Å²) in [6, 6.07) is 11.1. The number of nitrogens with zero attached hydrogens (tertiary/aromatic N) is 8. The van der Waals surface area contributed by atoms with Crippen LogP contribution in [-0.4, -0.2) is 62.2 Å². The fourth-order valence-corrected chi connectivity index (χ4v) is 3.37. The lowest BCUT2D eigenvalue weighted by molar-refractivity contribution is -0.130. The third-order valence-corrected chi connectivity index (χ3v) is 5.23. The number of halogens is 2. The SMILES string of the molecule is Cc1nnn(-c2ccc(C(F)F)cc2)c1COc1ccc(N2CCN(CC#N)C(=O)C2)nn1. The average Bonchev–Trinajstić information content (AvgIpc) is 3.19. The first kappa shape index (κ1) is 22.1. The molecule has 170 valence electrons. The van der Waals surface area contributed by atoms with Gasteiger partial charge >= 0.3 is 0 Å². The quantitative estimate of drug-likeness (QED) is 0.499. The Hall–Kier alpha value is -4.14. The molecule has 0 atom stereocenters. The number of hydrogen-bond donors (Lipinski definition) is 0. The van der Waals surface area contributed by atoms with Gasteiger partial charge in [0.25, 0.3) is 6.43 Å². The van der Waals surface area contributed by atoms with Gasteiger partial charge in [0, 0.05) is 24.7 Å². The summed E-state index contributed by atoms with van der Waals surface area (Å²) in [6.45, 7) is 3.07. The highest BCUT2D eigenvalue weighted by molar-refractivity contribution is 5.82. The third kappa shape index (κ3) is 4.87. The Bertz CT molecular complexity index is 1160. The van der Waals surface area contributed by atoms with Crippen LogP contribution in [0.15, 0.2) is 36.4 Å². The van der Waals surface area contributed by atoms with Crippen molar-refractivity contribution < 1.29 is 18.3 Å². The largest absolute Gasteiger partial charge is 0.470 e. The molecule has 0 bridgehead atoms. The first-order valence-electron chi connectivity index (χ1n) is 10.1. The summed E-state index contributed by atoms with van der Waals surface area (Å²) in [5.74, 6) is 0.672. The van der Waals surface area contributed by atoms with E-state index in [2.05, 4.69) is 20.5 Å². The minimum Gasteiger partial charge on any atom is -0.470 e. The van der Waals surface area contributed by atoms with Gasteiger partial charge in [-0.25, -0.2) is 13.5 Å². The Balaban J connectivity index is 1.41. The Morgan fingerprint density at radius 3 is 2.55 bits per heavy atom. The van der Waals surface area contributed by atoms with Crippen molar-refractivity contribution in [2.45, 2.75) is 20.0 Å². The number of rotatable bonds is 7. The summed E-state index contributed by atoms with van der Waals surface area (Å²) in [5, 5.41) is 25.1. The zero-order valence-corrected chi connectivity index (χ0v) is 17.7. The van der Waals surface area contributed by atoms with Crippen molar-refractivity contribution in [2.24, 2.45) is 0 Å². The molecule has 10 nitrogen and oxygen atoms in total. The molecule has 0 aliphatic carbocycles. The van der Waals surface area contributed by atoms with Gasteiger partial charge in [0.1, 0.15) is 18.8 Å². The van der Waals surface area contributed by atoms with Crippen molar-refractivity contribution in [3.63, 3.8) is 0 Å². The van der Waals surface area contributed by atoms with Crippen LogP contribution < -0.4 is 9.64 Å². The second kappa shape index (κ2) is 9.56. The van der Waals surface area contributed by atoms with Crippen LogP contribution in [0.2, 0.25) is 0 Å². The average molecular weight is 454 g/mol. The van der Waals surface area contributed by atoms with Gasteiger partial charge in [0.05, 0.1) is 24.0 Å². The van der Waals surface area contributed by atoms with Crippen molar-refractivity contribution in [3.8, 4) is 17.6 Å². The monoisotopic (exact) mass is 454 g/mol. The van der Waals surface area contributed by atoms with Gasteiger partial charge < -0.3 is 14.5 Å². The van der Waals surface area contributed by atoms with E-state index in [9.17, 15) is 13.6 Å². The standard InChI is InChI=1S/C21H20F2N8O2/c1-14-17(31(28-25-14)16-4-2-15(3-5-16)21(22)23)13-33-19-7-6-18(26-27-19)30-11-10-29(9-8-24)20(32)12-30/h2-7,21H,9-13H2,1H3. The summed E-state index contributed by atoms with van der Waals surface area (Å²) in [7, 11) is 0. The van der Waals surface area contributed by atoms with Crippen molar-refractivity contribution in [1.82, 2.24) is 30.1 Å². The number of amides is 1. The highest BCUT2D eigenvalue weighted by Crippen LogP contribution is 2.22. The van der Waals surface area contributed by atoms with Crippen LogP contribution in [0.4, 0.5) is 14.6 Å². The van der Waals surface area contributed by atoms with Crippen molar-refractivity contribution in [2.75, 3.05) is 31.1 Å². The lowest BCUT2D eigenvalue weighted by Gasteiger charge is -2.33. The van der Waals surface area contributed by atoms with E-state index in [4.69, 9.17) is 10.00 Å². The minimum absolute atomic E-state index is 0.0723. The number of carbonyl (C=O) groups excluding carboxylic acids is 1. The smallest absolute Gasteiger partial charge is 0.263 e. The van der Waals surface area contributed by atoms with Gasteiger partial charge in [0.2, 0.25) is 11.8 Å². The van der Waals surface area contributed by atoms with Gasteiger partial charge in [-0.3, -0.25) is 4.79 Å². The molecule has 3 aromatic rings. The number of aryl methyl sites for hydroxylation is 1. The third-order valence-electron chi connectivity index (χ3n) is 5.23. The number of alkyl halides is 2. The van der Waals surface area contributed by atoms with Crippen LogP contribution >= 0.6 is 0 Å². The summed E-state index contributed by atoms with van der Waals surface area (Å²) in [6.07, 6.45) is -2.54. The molecule has 1 amide bonds. The van der Waals surface area contributed by atoms with Crippen LogP contribution in [-0.2, 0) is 11.4 Å². The van der Waals surface area contributed by atoms with E-state index in [0.717, 1.165) is 0 Å². The van der Waals surface area contributed by atoms with Crippen LogP contribution in [0, 0.1) is 18.3 Å². The van der Waals surface area contributed by atoms with Gasteiger partial charge in [-0.2, -0.15) is 5.26 Å². The fourth-order valence-electron chi connectivity index (χ4n) is 3.37. The van der Waals surface area contributed by atoms with E-state index in [-0.39, 0.29) is 37.0 Å². The van der Waals surface area contributed by atoms with E-state index in [1.807, 2.05) is 6.07 Å². The molecule has 0 spiro atoms. The van der Waals surface area contributed by atoms with E-state index in [1.54, 1.807) is 36.1 Å². The Kier molecular flexibility index (Phi) is 6.39. The number of piperazine rings is 1.